The molecule has 1 atom stereocenters. The number of hydrogen-bond acceptors (Lipinski definition) is 7. The number of anilines is 2. The van der Waals surface area contributed by atoms with Crippen molar-refractivity contribution in [3.8, 4) is 5.75 Å². The highest BCUT2D eigenvalue weighted by Crippen LogP contribution is 2.30. The van der Waals surface area contributed by atoms with Gasteiger partial charge >= 0.3 is 0 Å². The molecule has 0 aliphatic heterocycles. The van der Waals surface area contributed by atoms with Crippen LogP contribution in [0.2, 0.25) is 0 Å². The van der Waals surface area contributed by atoms with E-state index in [1.165, 1.54) is 23.1 Å². The zero-order valence-corrected chi connectivity index (χ0v) is 14.3. The van der Waals surface area contributed by atoms with Gasteiger partial charge in [-0.1, -0.05) is 35.2 Å². The Bertz CT molecular complexity index is 633. The summed E-state index contributed by atoms with van der Waals surface area (Å²) in [5.41, 5.74) is 0.676. The molecule has 2 N–H and O–H groups in total. The average Bonchev–Trinajstić information content (AvgIpc) is 2.97. The molecule has 0 bridgehead atoms. The van der Waals surface area contributed by atoms with Crippen LogP contribution < -0.4 is 15.4 Å². The molecule has 0 aliphatic carbocycles. The van der Waals surface area contributed by atoms with Gasteiger partial charge in [-0.25, -0.2) is 0 Å². The third-order valence-electron chi connectivity index (χ3n) is 2.71. The maximum absolute atomic E-state index is 12.3. The van der Waals surface area contributed by atoms with Gasteiger partial charge in [0.15, 0.2) is 4.34 Å². The van der Waals surface area contributed by atoms with E-state index in [1.54, 1.807) is 7.05 Å². The number of thioether (sulfide) groups is 1. The number of benzene rings is 1. The summed E-state index contributed by atoms with van der Waals surface area (Å²) in [6, 6.07) is 7.39. The van der Waals surface area contributed by atoms with Crippen LogP contribution in [0, 0.1) is 0 Å². The smallest absolute Gasteiger partial charge is 0.237 e. The van der Waals surface area contributed by atoms with E-state index in [-0.39, 0.29) is 11.2 Å². The van der Waals surface area contributed by atoms with Gasteiger partial charge in [0.2, 0.25) is 11.0 Å². The number of rotatable bonds is 7. The van der Waals surface area contributed by atoms with Crippen molar-refractivity contribution in [2.75, 3.05) is 24.3 Å². The van der Waals surface area contributed by atoms with Gasteiger partial charge in [-0.15, -0.1) is 10.2 Å². The van der Waals surface area contributed by atoms with Crippen LogP contribution in [0.25, 0.3) is 0 Å². The van der Waals surface area contributed by atoms with Crippen LogP contribution in [0.4, 0.5) is 10.8 Å². The summed E-state index contributed by atoms with van der Waals surface area (Å²) in [4.78, 5) is 12.3. The molecule has 118 valence electrons. The number of hydrogen-bond donors (Lipinski definition) is 2. The zero-order chi connectivity index (χ0) is 15.9. The quantitative estimate of drug-likeness (QED) is 0.756. The van der Waals surface area contributed by atoms with Crippen molar-refractivity contribution < 1.29 is 9.53 Å². The number of aromatic nitrogens is 2. The normalized spacial score (nSPS) is 11.8. The zero-order valence-electron chi connectivity index (χ0n) is 12.6. The van der Waals surface area contributed by atoms with Gasteiger partial charge in [-0.05, 0) is 26.0 Å². The van der Waals surface area contributed by atoms with Gasteiger partial charge in [0.25, 0.3) is 0 Å². The molecule has 0 aliphatic rings. The first-order valence-electron chi connectivity index (χ1n) is 6.84. The van der Waals surface area contributed by atoms with Crippen molar-refractivity contribution in [2.45, 2.75) is 23.4 Å². The number of carbonyl (C=O) groups excluding carboxylic acids is 1. The fraction of sp³-hybridized carbons (Fsp3) is 0.357. The Morgan fingerprint density at radius 2 is 2.18 bits per heavy atom. The van der Waals surface area contributed by atoms with E-state index in [9.17, 15) is 4.79 Å². The summed E-state index contributed by atoms with van der Waals surface area (Å²) in [6.07, 6.45) is 0. The first-order valence-corrected chi connectivity index (χ1v) is 8.54. The third-order valence-corrected chi connectivity index (χ3v) is 4.84. The van der Waals surface area contributed by atoms with Crippen LogP contribution in [-0.2, 0) is 4.79 Å². The highest BCUT2D eigenvalue weighted by Gasteiger charge is 2.18. The first kappa shape index (κ1) is 16.6. The monoisotopic (exact) mass is 338 g/mol. The molecular weight excluding hydrogens is 320 g/mol. The topological polar surface area (TPSA) is 76.1 Å². The molecule has 1 aromatic heterocycles. The maximum Gasteiger partial charge on any atom is 0.237 e. The van der Waals surface area contributed by atoms with Crippen LogP contribution in [-0.4, -0.2) is 35.0 Å². The van der Waals surface area contributed by atoms with E-state index < -0.39 is 0 Å². The van der Waals surface area contributed by atoms with Crippen molar-refractivity contribution in [3.63, 3.8) is 0 Å². The van der Waals surface area contributed by atoms with Crippen LogP contribution >= 0.6 is 23.1 Å². The number of nitrogens with one attached hydrogen (secondary N) is 2. The maximum atomic E-state index is 12.3. The summed E-state index contributed by atoms with van der Waals surface area (Å²) < 4.78 is 6.26. The SMILES string of the molecule is CCOc1ccccc1NC(=O)[C@H](C)Sc1nnc(NC)s1. The Labute approximate surface area is 137 Å². The van der Waals surface area contributed by atoms with Crippen LogP contribution in [0.15, 0.2) is 28.6 Å². The fourth-order valence-corrected chi connectivity index (χ4v) is 3.50. The molecule has 2 aromatic rings. The summed E-state index contributed by atoms with van der Waals surface area (Å²) in [5.74, 6) is 0.572. The molecule has 0 saturated heterocycles. The van der Waals surface area contributed by atoms with Gasteiger partial charge < -0.3 is 15.4 Å². The van der Waals surface area contributed by atoms with Crippen molar-refractivity contribution in [2.24, 2.45) is 0 Å². The lowest BCUT2D eigenvalue weighted by atomic mass is 10.3. The van der Waals surface area contributed by atoms with Gasteiger partial charge in [-0.2, -0.15) is 0 Å². The Balaban J connectivity index is 1.99. The minimum absolute atomic E-state index is 0.0987. The van der Waals surface area contributed by atoms with E-state index in [4.69, 9.17) is 4.74 Å². The van der Waals surface area contributed by atoms with Crippen LogP contribution in [0.5, 0.6) is 5.75 Å². The molecule has 8 heteroatoms. The Hall–Kier alpha value is -1.80. The van der Waals surface area contributed by atoms with Gasteiger partial charge in [0, 0.05) is 7.05 Å². The number of amides is 1. The van der Waals surface area contributed by atoms with Crippen LogP contribution in [0.1, 0.15) is 13.8 Å². The summed E-state index contributed by atoms with van der Waals surface area (Å²) >= 11 is 2.80. The molecule has 22 heavy (non-hydrogen) atoms. The number of para-hydroxylation sites is 2. The van der Waals surface area contributed by atoms with Crippen molar-refractivity contribution >= 4 is 39.8 Å². The number of nitrogens with zero attached hydrogens (tertiary/aromatic N) is 2. The molecule has 0 spiro atoms. The Morgan fingerprint density at radius 3 is 2.86 bits per heavy atom. The van der Waals surface area contributed by atoms with Gasteiger partial charge in [-0.3, -0.25) is 4.79 Å². The standard InChI is InChI=1S/C14H18N4O2S2/c1-4-20-11-8-6-5-7-10(11)16-12(19)9(2)21-14-18-17-13(15-3)22-14/h5-9H,4H2,1-3H3,(H,15,17)(H,16,19)/t9-/m0/s1. The summed E-state index contributed by atoms with van der Waals surface area (Å²) in [5, 5.41) is 14.2. The van der Waals surface area contributed by atoms with E-state index in [2.05, 4.69) is 20.8 Å². The molecule has 6 nitrogen and oxygen atoms in total. The highest BCUT2D eigenvalue weighted by molar-refractivity contribution is 8.02. The molecule has 0 unspecified atom stereocenters. The summed E-state index contributed by atoms with van der Waals surface area (Å²) in [7, 11) is 1.79. The van der Waals surface area contributed by atoms with Crippen molar-refractivity contribution in [1.82, 2.24) is 10.2 Å². The highest BCUT2D eigenvalue weighted by atomic mass is 32.2. The largest absolute Gasteiger partial charge is 0.492 e. The number of ether oxygens (including phenoxy) is 1. The first-order chi connectivity index (χ1) is 10.6. The van der Waals surface area contributed by atoms with Crippen molar-refractivity contribution in [1.29, 1.82) is 0 Å². The molecule has 0 saturated carbocycles. The Kier molecular flexibility index (Phi) is 6.02. The number of carbonyl (C=O) groups is 1. The minimum atomic E-state index is -0.285. The molecule has 1 aromatic carbocycles. The predicted octanol–water partition coefficient (Wildman–Crippen LogP) is 3.10. The molecule has 0 radical (unpaired) electrons. The predicted molar refractivity (Wildman–Crippen MR) is 91.0 cm³/mol. The molecule has 0 fully saturated rings. The second kappa shape index (κ2) is 8.00. The molecular formula is C14H18N4O2S2. The second-order valence-electron chi connectivity index (χ2n) is 4.30. The second-order valence-corrected chi connectivity index (χ2v) is 6.87. The van der Waals surface area contributed by atoms with E-state index in [1.807, 2.05) is 38.1 Å². The molecule has 2 rings (SSSR count). The lowest BCUT2D eigenvalue weighted by molar-refractivity contribution is -0.115. The lowest BCUT2D eigenvalue weighted by Crippen LogP contribution is -2.22. The minimum Gasteiger partial charge on any atom is -0.492 e. The van der Waals surface area contributed by atoms with Gasteiger partial charge in [0.1, 0.15) is 5.75 Å². The fourth-order valence-electron chi connectivity index (χ4n) is 1.65. The summed E-state index contributed by atoms with van der Waals surface area (Å²) in [6.45, 7) is 4.30. The van der Waals surface area contributed by atoms with Crippen molar-refractivity contribution in [3.05, 3.63) is 24.3 Å². The lowest BCUT2D eigenvalue weighted by Gasteiger charge is -2.13. The molecule has 1 amide bonds. The van der Waals surface area contributed by atoms with E-state index in [0.29, 0.717) is 18.0 Å². The van der Waals surface area contributed by atoms with E-state index in [0.717, 1.165) is 9.47 Å². The average molecular weight is 338 g/mol. The Morgan fingerprint density at radius 1 is 1.41 bits per heavy atom. The van der Waals surface area contributed by atoms with E-state index >= 15 is 0 Å². The van der Waals surface area contributed by atoms with Crippen LogP contribution in [0.3, 0.4) is 0 Å². The molecule has 1 heterocycles. The third kappa shape index (κ3) is 4.35. The van der Waals surface area contributed by atoms with Gasteiger partial charge in [0.05, 0.1) is 17.5 Å².